The second-order valence-electron chi connectivity index (χ2n) is 6.39. The normalized spacial score (nSPS) is 15.2. The number of nitrogens with two attached hydrogens (primary N) is 1. The SMILES string of the molecule is FCF.N/C=N\c1c(-c2cc(F)c(F)c(F)c2)c(C2CC(F)(F)C2)nn1C(=O)OCCF. The molecule has 6 nitrogen and oxygen atoms in total. The molecule has 0 bridgehead atoms. The molecule has 1 aromatic carbocycles. The predicted molar refractivity (Wildman–Crippen MR) is 96.6 cm³/mol. The molecule has 0 radical (unpaired) electrons. The number of nitrogens with zero attached hydrogens (tertiary/aromatic N) is 3. The first-order chi connectivity index (χ1) is 15.1. The van der Waals surface area contributed by atoms with Gasteiger partial charge in [0.25, 0.3) is 0 Å². The van der Waals surface area contributed by atoms with E-state index in [-0.39, 0.29) is 22.6 Å². The number of aliphatic imine (C=N–C) groups is 1. The first-order valence-corrected chi connectivity index (χ1v) is 8.85. The van der Waals surface area contributed by atoms with Crippen LogP contribution in [0.5, 0.6) is 0 Å². The molecular weight excluding hydrogens is 456 g/mol. The van der Waals surface area contributed by atoms with Crippen molar-refractivity contribution in [3.05, 3.63) is 35.3 Å². The van der Waals surface area contributed by atoms with E-state index >= 15 is 0 Å². The highest BCUT2D eigenvalue weighted by atomic mass is 19.3. The molecule has 176 valence electrons. The molecule has 2 N–H and O–H groups in total. The van der Waals surface area contributed by atoms with Crippen molar-refractivity contribution in [3.63, 3.8) is 0 Å². The van der Waals surface area contributed by atoms with E-state index in [1.165, 1.54) is 0 Å². The Balaban J connectivity index is 0.00000114. The second-order valence-corrected chi connectivity index (χ2v) is 6.39. The van der Waals surface area contributed by atoms with Gasteiger partial charge in [0.2, 0.25) is 12.9 Å². The Morgan fingerprint density at radius 1 is 1.22 bits per heavy atom. The van der Waals surface area contributed by atoms with Gasteiger partial charge in [0.15, 0.2) is 23.3 Å². The molecular formula is C18H16F8N4O2. The van der Waals surface area contributed by atoms with Gasteiger partial charge in [-0.15, -0.1) is 4.68 Å². The highest BCUT2D eigenvalue weighted by Crippen LogP contribution is 2.51. The maximum Gasteiger partial charge on any atom is 0.436 e. The van der Waals surface area contributed by atoms with Crippen LogP contribution in [0.1, 0.15) is 24.5 Å². The number of benzene rings is 1. The fourth-order valence-corrected chi connectivity index (χ4v) is 3.05. The van der Waals surface area contributed by atoms with Gasteiger partial charge in [0.05, 0.1) is 17.6 Å². The number of rotatable bonds is 5. The number of alkyl halides is 5. The van der Waals surface area contributed by atoms with Crippen LogP contribution in [0.2, 0.25) is 0 Å². The van der Waals surface area contributed by atoms with Crippen LogP contribution in [0.4, 0.5) is 45.7 Å². The van der Waals surface area contributed by atoms with Crippen LogP contribution in [0.3, 0.4) is 0 Å². The molecule has 0 unspecified atom stereocenters. The van der Waals surface area contributed by atoms with E-state index < -0.39 is 68.4 Å². The molecule has 0 saturated heterocycles. The lowest BCUT2D eigenvalue weighted by molar-refractivity contribution is -0.0875. The Kier molecular flexibility index (Phi) is 8.16. The van der Waals surface area contributed by atoms with Crippen LogP contribution in [0.15, 0.2) is 17.1 Å². The van der Waals surface area contributed by atoms with E-state index in [2.05, 4.69) is 14.8 Å². The third-order valence-electron chi connectivity index (χ3n) is 4.31. The van der Waals surface area contributed by atoms with Crippen molar-refractivity contribution in [2.45, 2.75) is 24.7 Å². The van der Waals surface area contributed by atoms with Gasteiger partial charge in [-0.1, -0.05) is 0 Å². The van der Waals surface area contributed by atoms with Gasteiger partial charge < -0.3 is 10.5 Å². The number of carbonyl (C=O) groups is 1. The fraction of sp³-hybridized carbons (Fsp3) is 0.389. The van der Waals surface area contributed by atoms with E-state index in [1.807, 2.05) is 0 Å². The van der Waals surface area contributed by atoms with Crippen LogP contribution >= 0.6 is 0 Å². The van der Waals surface area contributed by atoms with E-state index in [4.69, 9.17) is 5.73 Å². The molecule has 0 spiro atoms. The fourth-order valence-electron chi connectivity index (χ4n) is 3.05. The summed E-state index contributed by atoms with van der Waals surface area (Å²) in [5.41, 5.74) is 4.65. The minimum Gasteiger partial charge on any atom is -0.445 e. The van der Waals surface area contributed by atoms with Crippen LogP contribution < -0.4 is 5.73 Å². The monoisotopic (exact) mass is 472 g/mol. The van der Waals surface area contributed by atoms with Gasteiger partial charge in [-0.25, -0.2) is 44.9 Å². The summed E-state index contributed by atoms with van der Waals surface area (Å²) in [5.74, 6) is -9.05. The Morgan fingerprint density at radius 2 is 1.78 bits per heavy atom. The molecule has 1 fully saturated rings. The summed E-state index contributed by atoms with van der Waals surface area (Å²) in [4.78, 5) is 15.9. The largest absolute Gasteiger partial charge is 0.445 e. The standard InChI is InChI=1S/C17H14F6N4O2.CH2F2/c18-1-2-29-16(28)27-15(25-7-24)12(8-3-10(19)13(21)11(20)4-8)14(26-27)9-5-17(22,23)6-9;2-1-3/h3-4,7,9H,1-2,5-6H2,(H2,24,25);1H2. The van der Waals surface area contributed by atoms with Crippen LogP contribution in [0, 0.1) is 17.5 Å². The zero-order chi connectivity index (χ0) is 24.1. The van der Waals surface area contributed by atoms with Gasteiger partial charge in [-0.3, -0.25) is 0 Å². The van der Waals surface area contributed by atoms with Crippen molar-refractivity contribution in [2.75, 3.05) is 20.2 Å². The maximum atomic E-state index is 13.8. The number of ether oxygens (including phenoxy) is 1. The van der Waals surface area contributed by atoms with E-state index in [0.717, 1.165) is 6.34 Å². The zero-order valence-corrected chi connectivity index (χ0v) is 16.1. The first kappa shape index (κ1) is 25.1. The van der Waals surface area contributed by atoms with Crippen LogP contribution in [-0.4, -0.2) is 48.3 Å². The van der Waals surface area contributed by atoms with Gasteiger partial charge in [-0.2, -0.15) is 5.10 Å². The molecule has 32 heavy (non-hydrogen) atoms. The van der Waals surface area contributed by atoms with Crippen molar-refractivity contribution in [1.82, 2.24) is 9.78 Å². The highest BCUT2D eigenvalue weighted by Gasteiger charge is 2.48. The molecule has 1 saturated carbocycles. The van der Waals surface area contributed by atoms with Gasteiger partial charge in [0.1, 0.15) is 13.3 Å². The highest BCUT2D eigenvalue weighted by molar-refractivity contribution is 5.85. The van der Waals surface area contributed by atoms with Crippen LogP contribution in [0.25, 0.3) is 11.1 Å². The Hall–Kier alpha value is -3.19. The van der Waals surface area contributed by atoms with Gasteiger partial charge >= 0.3 is 6.09 Å². The smallest absolute Gasteiger partial charge is 0.436 e. The van der Waals surface area contributed by atoms with Crippen molar-refractivity contribution in [3.8, 4) is 11.1 Å². The Labute approximate surface area is 175 Å². The van der Waals surface area contributed by atoms with Crippen molar-refractivity contribution in [1.29, 1.82) is 0 Å². The molecule has 14 heteroatoms. The molecule has 1 aliphatic rings. The second kappa shape index (κ2) is 10.4. The molecule has 3 rings (SSSR count). The number of carbonyl (C=O) groups excluding carboxylic acids is 1. The van der Waals surface area contributed by atoms with E-state index in [1.54, 1.807) is 0 Å². The van der Waals surface area contributed by atoms with E-state index in [9.17, 15) is 39.9 Å². The molecule has 0 atom stereocenters. The quantitative estimate of drug-likeness (QED) is 0.289. The van der Waals surface area contributed by atoms with Gasteiger partial charge in [0, 0.05) is 18.8 Å². The van der Waals surface area contributed by atoms with Crippen molar-refractivity contribution in [2.24, 2.45) is 10.7 Å². The summed E-state index contributed by atoms with van der Waals surface area (Å²) in [6, 6.07) is 1.23. The average molecular weight is 472 g/mol. The third kappa shape index (κ3) is 5.34. The van der Waals surface area contributed by atoms with Crippen molar-refractivity contribution >= 4 is 18.2 Å². The zero-order valence-electron chi connectivity index (χ0n) is 16.1. The maximum absolute atomic E-state index is 13.8. The summed E-state index contributed by atoms with van der Waals surface area (Å²) in [6.07, 6.45) is -1.73. The summed E-state index contributed by atoms with van der Waals surface area (Å²) in [7, 11) is 0. The van der Waals surface area contributed by atoms with Crippen LogP contribution in [-0.2, 0) is 4.74 Å². The lowest BCUT2D eigenvalue weighted by Crippen LogP contribution is -2.34. The summed E-state index contributed by atoms with van der Waals surface area (Å²) >= 11 is 0. The molecule has 1 aromatic heterocycles. The first-order valence-electron chi connectivity index (χ1n) is 8.85. The summed E-state index contributed by atoms with van der Waals surface area (Å²) < 4.78 is 104. The molecule has 1 heterocycles. The third-order valence-corrected chi connectivity index (χ3v) is 4.31. The minimum atomic E-state index is -2.98. The summed E-state index contributed by atoms with van der Waals surface area (Å²) in [6.45, 7) is -3.36. The Bertz CT molecular complexity index is 965. The Morgan fingerprint density at radius 3 is 2.25 bits per heavy atom. The predicted octanol–water partition coefficient (Wildman–Crippen LogP) is 4.94. The van der Waals surface area contributed by atoms with E-state index in [0.29, 0.717) is 16.8 Å². The number of aromatic nitrogens is 2. The lowest BCUT2D eigenvalue weighted by atomic mass is 9.77. The number of hydrogen-bond acceptors (Lipinski definition) is 4. The minimum absolute atomic E-state index is 0.126. The lowest BCUT2D eigenvalue weighted by Gasteiger charge is -2.34. The number of halogens is 8. The molecule has 1 aliphatic carbocycles. The molecule has 0 aliphatic heterocycles. The number of hydrogen-bond donors (Lipinski definition) is 1. The molecule has 2 aromatic rings. The van der Waals surface area contributed by atoms with Crippen molar-refractivity contribution < 1.29 is 44.7 Å². The van der Waals surface area contributed by atoms with Gasteiger partial charge in [-0.05, 0) is 17.7 Å². The average Bonchev–Trinajstić information content (AvgIpc) is 3.08. The summed E-state index contributed by atoms with van der Waals surface area (Å²) in [5, 5.41) is 3.91. The topological polar surface area (TPSA) is 82.5 Å². The molecule has 0 amide bonds.